The van der Waals surface area contributed by atoms with E-state index in [-0.39, 0.29) is 0 Å². The molecular weight excluding hydrogens is 322 g/mol. The summed E-state index contributed by atoms with van der Waals surface area (Å²) in [6.07, 6.45) is 8.70. The molecule has 3 fully saturated rings. The van der Waals surface area contributed by atoms with Crippen LogP contribution in [0.5, 0.6) is 0 Å². The Balaban J connectivity index is 1.55. The van der Waals surface area contributed by atoms with Gasteiger partial charge in [0.05, 0.1) is 11.3 Å². The molecule has 0 spiro atoms. The quantitative estimate of drug-likeness (QED) is 0.922. The predicted molar refractivity (Wildman–Crippen MR) is 101 cm³/mol. The minimum atomic E-state index is 0.527. The lowest BCUT2D eigenvalue weighted by atomic mass is 10.00. The van der Waals surface area contributed by atoms with E-state index in [4.69, 9.17) is 4.98 Å². The lowest BCUT2D eigenvalue weighted by Crippen LogP contribution is -2.52. The molecule has 5 rings (SSSR count). The summed E-state index contributed by atoms with van der Waals surface area (Å²) in [6.45, 7) is 2.85. The standard InChI is InChI=1S/C21H23N5/c22-11-17-10-18(16-2-1-7-23-12-16)20(15-5-6-15)25-21(17)26-9-8-24-19(13-26)14-3-4-14/h1-2,7,10,12,14-15,19,24H,3-6,8-9,13H2. The Bertz CT molecular complexity index is 849. The maximum absolute atomic E-state index is 9.81. The Kier molecular flexibility index (Phi) is 3.86. The fourth-order valence-corrected chi connectivity index (χ4v) is 4.05. The van der Waals surface area contributed by atoms with Crippen LogP contribution in [0.3, 0.4) is 0 Å². The third-order valence-electron chi connectivity index (χ3n) is 5.78. The number of pyridine rings is 2. The molecule has 132 valence electrons. The topological polar surface area (TPSA) is 64.8 Å². The summed E-state index contributed by atoms with van der Waals surface area (Å²) in [7, 11) is 0. The minimum Gasteiger partial charge on any atom is -0.353 e. The summed E-state index contributed by atoms with van der Waals surface area (Å²) in [5, 5.41) is 13.4. The third-order valence-corrected chi connectivity index (χ3v) is 5.78. The van der Waals surface area contributed by atoms with Gasteiger partial charge in [-0.25, -0.2) is 4.98 Å². The minimum absolute atomic E-state index is 0.527. The van der Waals surface area contributed by atoms with Gasteiger partial charge in [0.2, 0.25) is 0 Å². The van der Waals surface area contributed by atoms with Crippen LogP contribution in [0.2, 0.25) is 0 Å². The molecule has 0 bridgehead atoms. The zero-order valence-electron chi connectivity index (χ0n) is 14.9. The molecule has 2 aliphatic carbocycles. The second kappa shape index (κ2) is 6.37. The number of aromatic nitrogens is 2. The van der Waals surface area contributed by atoms with Crippen LogP contribution in [0.15, 0.2) is 30.6 Å². The fraction of sp³-hybridized carbons (Fsp3) is 0.476. The molecule has 0 amide bonds. The third kappa shape index (κ3) is 2.95. The van der Waals surface area contributed by atoms with Crippen LogP contribution >= 0.6 is 0 Å². The van der Waals surface area contributed by atoms with E-state index in [1.54, 1.807) is 6.20 Å². The van der Waals surface area contributed by atoms with E-state index in [1.807, 2.05) is 18.3 Å². The van der Waals surface area contributed by atoms with E-state index in [0.29, 0.717) is 17.5 Å². The van der Waals surface area contributed by atoms with Crippen molar-refractivity contribution in [2.75, 3.05) is 24.5 Å². The number of hydrogen-bond donors (Lipinski definition) is 1. The van der Waals surface area contributed by atoms with E-state index in [1.165, 1.54) is 25.7 Å². The second-order valence-corrected chi connectivity index (χ2v) is 7.76. The molecule has 26 heavy (non-hydrogen) atoms. The normalized spacial score (nSPS) is 22.9. The molecule has 1 saturated heterocycles. The van der Waals surface area contributed by atoms with Crippen molar-refractivity contribution in [3.63, 3.8) is 0 Å². The van der Waals surface area contributed by atoms with Gasteiger partial charge in [-0.1, -0.05) is 6.07 Å². The molecule has 0 radical (unpaired) electrons. The molecule has 3 aliphatic rings. The molecule has 1 atom stereocenters. The number of nitrogens with zero attached hydrogens (tertiary/aromatic N) is 4. The van der Waals surface area contributed by atoms with Crippen molar-refractivity contribution < 1.29 is 0 Å². The number of piperazine rings is 1. The van der Waals surface area contributed by atoms with Crippen LogP contribution < -0.4 is 10.2 Å². The smallest absolute Gasteiger partial charge is 0.146 e. The first-order valence-electron chi connectivity index (χ1n) is 9.67. The molecule has 3 heterocycles. The van der Waals surface area contributed by atoms with Crippen LogP contribution in [0.1, 0.15) is 42.9 Å². The molecule has 1 aliphatic heterocycles. The summed E-state index contributed by atoms with van der Waals surface area (Å²) < 4.78 is 0. The summed E-state index contributed by atoms with van der Waals surface area (Å²) >= 11 is 0. The van der Waals surface area contributed by atoms with E-state index in [0.717, 1.165) is 48.2 Å². The van der Waals surface area contributed by atoms with Gasteiger partial charge in [0, 0.05) is 55.1 Å². The number of nitrogens with one attached hydrogen (secondary N) is 1. The monoisotopic (exact) mass is 345 g/mol. The lowest BCUT2D eigenvalue weighted by Gasteiger charge is -2.35. The Morgan fingerprint density at radius 2 is 2.12 bits per heavy atom. The Labute approximate surface area is 154 Å². The van der Waals surface area contributed by atoms with Crippen LogP contribution in [0, 0.1) is 17.2 Å². The average Bonchev–Trinajstić information content (AvgIpc) is 3.59. The first-order chi connectivity index (χ1) is 12.8. The van der Waals surface area contributed by atoms with Crippen molar-refractivity contribution in [3.8, 4) is 17.2 Å². The zero-order chi connectivity index (χ0) is 17.5. The zero-order valence-corrected chi connectivity index (χ0v) is 14.9. The maximum atomic E-state index is 9.81. The molecule has 2 aromatic heterocycles. The molecule has 1 N–H and O–H groups in total. The maximum Gasteiger partial charge on any atom is 0.146 e. The average molecular weight is 345 g/mol. The number of anilines is 1. The van der Waals surface area contributed by atoms with Gasteiger partial charge in [0.25, 0.3) is 0 Å². The SMILES string of the molecule is N#Cc1cc(-c2cccnc2)c(C2CC2)nc1N1CCNC(C2CC2)C1. The van der Waals surface area contributed by atoms with Crippen LogP contribution in [-0.4, -0.2) is 35.6 Å². The number of rotatable bonds is 4. The lowest BCUT2D eigenvalue weighted by molar-refractivity contribution is 0.417. The highest BCUT2D eigenvalue weighted by molar-refractivity contribution is 5.72. The number of nitriles is 1. The fourth-order valence-electron chi connectivity index (χ4n) is 4.05. The van der Waals surface area contributed by atoms with Crippen LogP contribution in [0.4, 0.5) is 5.82 Å². The van der Waals surface area contributed by atoms with E-state index >= 15 is 0 Å². The Hall–Kier alpha value is -2.45. The van der Waals surface area contributed by atoms with Crippen molar-refractivity contribution in [1.82, 2.24) is 15.3 Å². The van der Waals surface area contributed by atoms with E-state index < -0.39 is 0 Å². The molecule has 0 aromatic carbocycles. The van der Waals surface area contributed by atoms with Gasteiger partial charge in [-0.3, -0.25) is 4.98 Å². The van der Waals surface area contributed by atoms with Gasteiger partial charge < -0.3 is 10.2 Å². The van der Waals surface area contributed by atoms with Crippen LogP contribution in [-0.2, 0) is 0 Å². The number of hydrogen-bond acceptors (Lipinski definition) is 5. The molecular formula is C21H23N5. The summed E-state index contributed by atoms with van der Waals surface area (Å²) in [5.74, 6) is 2.22. The second-order valence-electron chi connectivity index (χ2n) is 7.76. The van der Waals surface area contributed by atoms with Gasteiger partial charge in [-0.15, -0.1) is 0 Å². The van der Waals surface area contributed by atoms with Crippen molar-refractivity contribution in [2.24, 2.45) is 5.92 Å². The summed E-state index contributed by atoms with van der Waals surface area (Å²) in [4.78, 5) is 11.7. The van der Waals surface area contributed by atoms with Gasteiger partial charge >= 0.3 is 0 Å². The molecule has 1 unspecified atom stereocenters. The van der Waals surface area contributed by atoms with Crippen molar-refractivity contribution in [2.45, 2.75) is 37.6 Å². The highest BCUT2D eigenvalue weighted by Crippen LogP contribution is 2.45. The Morgan fingerprint density at radius 1 is 1.23 bits per heavy atom. The van der Waals surface area contributed by atoms with Gasteiger partial charge in [0.1, 0.15) is 11.9 Å². The van der Waals surface area contributed by atoms with Crippen molar-refractivity contribution in [3.05, 3.63) is 41.9 Å². The van der Waals surface area contributed by atoms with Gasteiger partial charge in [0.15, 0.2) is 0 Å². The first-order valence-corrected chi connectivity index (χ1v) is 9.67. The van der Waals surface area contributed by atoms with Crippen molar-refractivity contribution >= 4 is 5.82 Å². The summed E-state index contributed by atoms with van der Waals surface area (Å²) in [5.41, 5.74) is 3.97. The highest BCUT2D eigenvalue weighted by atomic mass is 15.2. The van der Waals surface area contributed by atoms with Gasteiger partial charge in [-0.2, -0.15) is 5.26 Å². The first kappa shape index (κ1) is 15.8. The molecule has 5 heteroatoms. The van der Waals surface area contributed by atoms with Crippen molar-refractivity contribution in [1.29, 1.82) is 5.26 Å². The van der Waals surface area contributed by atoms with E-state index in [9.17, 15) is 5.26 Å². The molecule has 5 nitrogen and oxygen atoms in total. The highest BCUT2D eigenvalue weighted by Gasteiger charge is 2.36. The van der Waals surface area contributed by atoms with Gasteiger partial charge in [-0.05, 0) is 43.7 Å². The molecule has 2 saturated carbocycles. The van der Waals surface area contributed by atoms with Crippen LogP contribution in [0.25, 0.3) is 11.1 Å². The molecule has 2 aromatic rings. The largest absolute Gasteiger partial charge is 0.353 e. The summed E-state index contributed by atoms with van der Waals surface area (Å²) in [6, 6.07) is 9.00. The van der Waals surface area contributed by atoms with E-state index in [2.05, 4.69) is 27.3 Å². The Morgan fingerprint density at radius 3 is 2.81 bits per heavy atom. The predicted octanol–water partition coefficient (Wildman–Crippen LogP) is 3.08.